The van der Waals surface area contributed by atoms with Gasteiger partial charge in [-0.25, -0.2) is 4.39 Å². The number of aliphatic hydroxyl groups is 1. The molecule has 0 unspecified atom stereocenters. The van der Waals surface area contributed by atoms with Crippen LogP contribution in [0, 0.1) is 5.82 Å². The van der Waals surface area contributed by atoms with Crippen molar-refractivity contribution in [1.29, 1.82) is 0 Å². The zero-order valence-corrected chi connectivity index (χ0v) is 13.4. The molecule has 0 amide bonds. The smallest absolute Gasteiger partial charge is 0.416 e. The Labute approximate surface area is 143 Å². The van der Waals surface area contributed by atoms with Crippen LogP contribution in [0.3, 0.4) is 0 Å². The van der Waals surface area contributed by atoms with Gasteiger partial charge in [-0.2, -0.15) is 13.2 Å². The molecule has 7 heteroatoms. The normalized spacial score (nSPS) is 11.6. The summed E-state index contributed by atoms with van der Waals surface area (Å²) in [6.45, 7) is 0.874. The maximum absolute atomic E-state index is 14.0. The van der Waals surface area contributed by atoms with Crippen molar-refractivity contribution >= 4 is 0 Å². The Bertz CT molecular complexity index is 689. The predicted molar refractivity (Wildman–Crippen MR) is 85.6 cm³/mol. The zero-order chi connectivity index (χ0) is 18.3. The van der Waals surface area contributed by atoms with Crippen LogP contribution in [-0.4, -0.2) is 18.3 Å². The van der Waals surface area contributed by atoms with Gasteiger partial charge >= 0.3 is 6.18 Å². The maximum Gasteiger partial charge on any atom is 0.416 e. The van der Waals surface area contributed by atoms with Crippen LogP contribution >= 0.6 is 0 Å². The molecule has 2 N–H and O–H groups in total. The number of ether oxygens (including phenoxy) is 1. The van der Waals surface area contributed by atoms with E-state index in [1.165, 1.54) is 18.2 Å². The van der Waals surface area contributed by atoms with Crippen LogP contribution < -0.4 is 10.1 Å². The number of alkyl halides is 3. The fourth-order valence-corrected chi connectivity index (χ4v) is 2.19. The summed E-state index contributed by atoms with van der Waals surface area (Å²) in [7, 11) is 0. The minimum absolute atomic E-state index is 0.0673. The third kappa shape index (κ3) is 6.03. The van der Waals surface area contributed by atoms with E-state index in [4.69, 9.17) is 9.84 Å². The van der Waals surface area contributed by atoms with Crippen LogP contribution in [0.5, 0.6) is 5.75 Å². The second-order valence-corrected chi connectivity index (χ2v) is 5.49. The molecule has 0 radical (unpaired) electrons. The Morgan fingerprint density at radius 2 is 1.88 bits per heavy atom. The Morgan fingerprint density at radius 1 is 1.08 bits per heavy atom. The van der Waals surface area contributed by atoms with Gasteiger partial charge in [0.1, 0.15) is 18.2 Å². The van der Waals surface area contributed by atoms with Gasteiger partial charge in [-0.05, 0) is 36.7 Å². The quantitative estimate of drug-likeness (QED) is 0.556. The molecule has 0 fully saturated rings. The molecule has 0 aliphatic rings. The maximum atomic E-state index is 14.0. The fourth-order valence-electron chi connectivity index (χ4n) is 2.19. The molecule has 2 rings (SSSR count). The SMILES string of the molecule is OCCCNCc1ccc(OCc2cccc(C(F)(F)F)c2)cc1F. The van der Waals surface area contributed by atoms with Crippen molar-refractivity contribution in [3.63, 3.8) is 0 Å². The van der Waals surface area contributed by atoms with E-state index in [1.807, 2.05) is 0 Å². The third-order valence-corrected chi connectivity index (χ3v) is 3.51. The molecule has 136 valence electrons. The largest absolute Gasteiger partial charge is 0.489 e. The first-order chi connectivity index (χ1) is 11.9. The average molecular weight is 357 g/mol. The molecule has 0 bridgehead atoms. The summed E-state index contributed by atoms with van der Waals surface area (Å²) < 4.78 is 57.4. The van der Waals surface area contributed by atoms with Crippen LogP contribution in [0.4, 0.5) is 17.6 Å². The summed E-state index contributed by atoms with van der Waals surface area (Å²) >= 11 is 0. The van der Waals surface area contributed by atoms with Crippen molar-refractivity contribution in [2.45, 2.75) is 25.7 Å². The summed E-state index contributed by atoms with van der Waals surface area (Å²) in [5.74, 6) is -0.216. The van der Waals surface area contributed by atoms with E-state index in [2.05, 4.69) is 5.32 Å². The molecular weight excluding hydrogens is 338 g/mol. The summed E-state index contributed by atoms with van der Waals surface area (Å²) in [6.07, 6.45) is -3.83. The molecule has 25 heavy (non-hydrogen) atoms. The lowest BCUT2D eigenvalue weighted by Gasteiger charge is -2.11. The Balaban J connectivity index is 1.94. The number of hydrogen-bond acceptors (Lipinski definition) is 3. The molecule has 0 spiro atoms. The molecule has 0 saturated heterocycles. The number of aliphatic hydroxyl groups excluding tert-OH is 1. The van der Waals surface area contributed by atoms with Crippen molar-refractivity contribution in [2.75, 3.05) is 13.2 Å². The molecular formula is C18H19F4NO2. The van der Waals surface area contributed by atoms with Gasteiger partial charge in [0.05, 0.1) is 5.56 Å². The predicted octanol–water partition coefficient (Wildman–Crippen LogP) is 3.90. The standard InChI is InChI=1S/C18H19F4NO2/c19-17-10-16(6-5-14(17)11-23-7-2-8-24)25-12-13-3-1-4-15(9-13)18(20,21)22/h1,3-6,9-10,23-24H,2,7-8,11-12H2. The lowest BCUT2D eigenvalue weighted by molar-refractivity contribution is -0.137. The molecule has 2 aromatic carbocycles. The average Bonchev–Trinajstić information content (AvgIpc) is 2.58. The van der Waals surface area contributed by atoms with E-state index in [0.29, 0.717) is 30.6 Å². The first kappa shape index (κ1) is 19.2. The number of benzene rings is 2. The summed E-state index contributed by atoms with van der Waals surface area (Å²) in [6, 6.07) is 9.16. The highest BCUT2D eigenvalue weighted by Crippen LogP contribution is 2.29. The van der Waals surface area contributed by atoms with E-state index < -0.39 is 17.6 Å². The van der Waals surface area contributed by atoms with Gasteiger partial charge in [0.2, 0.25) is 0 Å². The second-order valence-electron chi connectivity index (χ2n) is 5.49. The van der Waals surface area contributed by atoms with Crippen molar-refractivity contribution in [2.24, 2.45) is 0 Å². The van der Waals surface area contributed by atoms with Crippen LogP contribution in [0.1, 0.15) is 23.1 Å². The van der Waals surface area contributed by atoms with Gasteiger partial charge in [0.25, 0.3) is 0 Å². The van der Waals surface area contributed by atoms with E-state index in [-0.39, 0.29) is 19.0 Å². The van der Waals surface area contributed by atoms with E-state index in [0.717, 1.165) is 12.1 Å². The van der Waals surface area contributed by atoms with Crippen LogP contribution in [0.25, 0.3) is 0 Å². The Kier molecular flexibility index (Phi) is 6.78. The Hall–Kier alpha value is -2.12. The highest BCUT2D eigenvalue weighted by molar-refractivity contribution is 5.30. The summed E-state index contributed by atoms with van der Waals surface area (Å²) in [5, 5.41) is 11.7. The third-order valence-electron chi connectivity index (χ3n) is 3.51. The van der Waals surface area contributed by atoms with Gasteiger partial charge in [0, 0.05) is 24.8 Å². The van der Waals surface area contributed by atoms with E-state index in [9.17, 15) is 17.6 Å². The lowest BCUT2D eigenvalue weighted by atomic mass is 10.1. The summed E-state index contributed by atoms with van der Waals surface area (Å²) in [5.41, 5.74) is 0.0541. The molecule has 0 heterocycles. The number of rotatable bonds is 8. The minimum atomic E-state index is -4.41. The van der Waals surface area contributed by atoms with Crippen molar-refractivity contribution in [3.05, 3.63) is 65.0 Å². The van der Waals surface area contributed by atoms with Crippen LogP contribution in [0.15, 0.2) is 42.5 Å². The van der Waals surface area contributed by atoms with Gasteiger partial charge in [-0.1, -0.05) is 18.2 Å². The van der Waals surface area contributed by atoms with Crippen molar-refractivity contribution in [1.82, 2.24) is 5.32 Å². The Morgan fingerprint density at radius 3 is 2.56 bits per heavy atom. The first-order valence-electron chi connectivity index (χ1n) is 7.79. The lowest BCUT2D eigenvalue weighted by Crippen LogP contribution is -2.16. The topological polar surface area (TPSA) is 41.5 Å². The van der Waals surface area contributed by atoms with E-state index in [1.54, 1.807) is 12.1 Å². The van der Waals surface area contributed by atoms with Gasteiger partial charge in [-0.15, -0.1) is 0 Å². The van der Waals surface area contributed by atoms with Gasteiger partial charge in [0.15, 0.2) is 0 Å². The first-order valence-corrected chi connectivity index (χ1v) is 7.79. The molecule has 0 saturated carbocycles. The molecule has 0 aliphatic carbocycles. The molecule has 0 atom stereocenters. The van der Waals surface area contributed by atoms with Crippen molar-refractivity contribution in [3.8, 4) is 5.75 Å². The molecule has 3 nitrogen and oxygen atoms in total. The van der Waals surface area contributed by atoms with Crippen LogP contribution in [0.2, 0.25) is 0 Å². The highest BCUT2D eigenvalue weighted by Gasteiger charge is 2.30. The fraction of sp³-hybridized carbons (Fsp3) is 0.333. The molecule has 0 aromatic heterocycles. The minimum Gasteiger partial charge on any atom is -0.489 e. The van der Waals surface area contributed by atoms with Gasteiger partial charge in [-0.3, -0.25) is 0 Å². The van der Waals surface area contributed by atoms with Crippen LogP contribution in [-0.2, 0) is 19.3 Å². The second kappa shape index (κ2) is 8.82. The highest BCUT2D eigenvalue weighted by atomic mass is 19.4. The number of nitrogens with one attached hydrogen (secondary N) is 1. The zero-order valence-electron chi connectivity index (χ0n) is 13.4. The summed E-state index contributed by atoms with van der Waals surface area (Å²) in [4.78, 5) is 0. The molecule has 2 aromatic rings. The van der Waals surface area contributed by atoms with Gasteiger partial charge < -0.3 is 15.2 Å². The number of hydrogen-bond donors (Lipinski definition) is 2. The van der Waals surface area contributed by atoms with E-state index >= 15 is 0 Å². The monoisotopic (exact) mass is 357 g/mol. The number of halogens is 4. The molecule has 0 aliphatic heterocycles. The van der Waals surface area contributed by atoms with Crippen molar-refractivity contribution < 1.29 is 27.4 Å².